The first kappa shape index (κ1) is 8.79. The van der Waals surface area contributed by atoms with Crippen molar-refractivity contribution in [2.24, 2.45) is 0 Å². The molecule has 0 heterocycles. The van der Waals surface area contributed by atoms with Crippen LogP contribution in [0.4, 0.5) is 0 Å². The third kappa shape index (κ3) is 2.39. The van der Waals surface area contributed by atoms with Crippen LogP contribution < -0.4 is 0 Å². The summed E-state index contributed by atoms with van der Waals surface area (Å²) in [6.07, 6.45) is 2.09. The molecule has 0 radical (unpaired) electrons. The molecule has 62 valence electrons. The van der Waals surface area contributed by atoms with E-state index in [0.29, 0.717) is 0 Å². The zero-order valence-corrected chi connectivity index (χ0v) is 7.67. The first-order valence-corrected chi connectivity index (χ1v) is 4.09. The molecule has 1 aromatic carbocycles. The maximum Gasteiger partial charge on any atom is -0.0227 e. The second-order valence-corrected chi connectivity index (χ2v) is 3.04. The van der Waals surface area contributed by atoms with Gasteiger partial charge in [-0.1, -0.05) is 48.6 Å². The smallest absolute Gasteiger partial charge is 0.0227 e. The van der Waals surface area contributed by atoms with Crippen LogP contribution >= 0.6 is 0 Å². The Hall–Kier alpha value is -1.30. The Kier molecular flexibility index (Phi) is 2.87. The lowest BCUT2D eigenvalue weighted by molar-refractivity contribution is 1.51. The van der Waals surface area contributed by atoms with Crippen molar-refractivity contribution in [1.29, 1.82) is 0 Å². The third-order valence-corrected chi connectivity index (χ3v) is 1.69. The summed E-state index contributed by atoms with van der Waals surface area (Å²) in [5, 5.41) is 0. The Balaban J connectivity index is 2.93. The third-order valence-electron chi connectivity index (χ3n) is 1.69. The molecule has 12 heavy (non-hydrogen) atoms. The van der Waals surface area contributed by atoms with E-state index in [0.717, 1.165) is 5.57 Å². The SMILES string of the molecule is C=C(C)C=C(C)c1ccccc1. The molecule has 0 amide bonds. The van der Waals surface area contributed by atoms with E-state index < -0.39 is 0 Å². The standard InChI is InChI=1S/C12H14/c1-10(2)9-11(3)12-7-5-4-6-8-12/h4-9H,1H2,2-3H3. The van der Waals surface area contributed by atoms with Gasteiger partial charge in [0.2, 0.25) is 0 Å². The molecule has 0 nitrogen and oxygen atoms in total. The van der Waals surface area contributed by atoms with Crippen molar-refractivity contribution < 1.29 is 0 Å². The molecular weight excluding hydrogens is 144 g/mol. The van der Waals surface area contributed by atoms with Gasteiger partial charge < -0.3 is 0 Å². The zero-order chi connectivity index (χ0) is 8.97. The summed E-state index contributed by atoms with van der Waals surface area (Å²) < 4.78 is 0. The average Bonchev–Trinajstić information content (AvgIpc) is 2.05. The van der Waals surface area contributed by atoms with Crippen molar-refractivity contribution in [3.8, 4) is 0 Å². The van der Waals surface area contributed by atoms with Crippen molar-refractivity contribution >= 4 is 5.57 Å². The molecule has 0 aliphatic carbocycles. The minimum atomic E-state index is 1.09. The molecule has 0 aromatic heterocycles. The maximum atomic E-state index is 3.84. The van der Waals surface area contributed by atoms with Crippen LogP contribution in [0.3, 0.4) is 0 Å². The molecule has 0 N–H and O–H groups in total. The predicted octanol–water partition coefficient (Wildman–Crippen LogP) is 3.67. The molecule has 0 fully saturated rings. The Morgan fingerprint density at radius 1 is 1.17 bits per heavy atom. The van der Waals surface area contributed by atoms with E-state index in [1.54, 1.807) is 0 Å². The summed E-state index contributed by atoms with van der Waals surface area (Å²) in [6, 6.07) is 10.3. The highest BCUT2D eigenvalue weighted by Crippen LogP contribution is 2.14. The molecular formula is C12H14. The van der Waals surface area contributed by atoms with Gasteiger partial charge in [0.1, 0.15) is 0 Å². The molecule has 0 saturated carbocycles. The van der Waals surface area contributed by atoms with Crippen molar-refractivity contribution in [3.05, 3.63) is 54.1 Å². The van der Waals surface area contributed by atoms with Crippen molar-refractivity contribution in [2.75, 3.05) is 0 Å². The van der Waals surface area contributed by atoms with E-state index in [1.807, 2.05) is 25.1 Å². The fraction of sp³-hybridized carbons (Fsp3) is 0.167. The highest BCUT2D eigenvalue weighted by molar-refractivity contribution is 5.65. The van der Waals surface area contributed by atoms with Gasteiger partial charge in [-0.25, -0.2) is 0 Å². The van der Waals surface area contributed by atoms with E-state index in [9.17, 15) is 0 Å². The minimum absolute atomic E-state index is 1.09. The molecule has 0 atom stereocenters. The summed E-state index contributed by atoms with van der Waals surface area (Å²) in [5.41, 5.74) is 3.62. The summed E-state index contributed by atoms with van der Waals surface area (Å²) >= 11 is 0. The molecule has 1 aromatic rings. The number of hydrogen-bond donors (Lipinski definition) is 0. The quantitative estimate of drug-likeness (QED) is 0.576. The number of benzene rings is 1. The molecule has 0 saturated heterocycles. The molecule has 0 spiro atoms. The van der Waals surface area contributed by atoms with Crippen LogP contribution in [0.2, 0.25) is 0 Å². The molecule has 1 rings (SSSR count). The Bertz CT molecular complexity index is 291. The Morgan fingerprint density at radius 3 is 2.25 bits per heavy atom. The van der Waals surface area contributed by atoms with Crippen molar-refractivity contribution in [3.63, 3.8) is 0 Å². The van der Waals surface area contributed by atoms with Crippen LogP contribution in [0.5, 0.6) is 0 Å². The molecule has 0 aliphatic rings. The summed E-state index contributed by atoms with van der Waals surface area (Å²) in [6.45, 7) is 7.95. The Labute approximate surface area is 74.2 Å². The largest absolute Gasteiger partial charge is 0.0961 e. The lowest BCUT2D eigenvalue weighted by atomic mass is 10.1. The second-order valence-electron chi connectivity index (χ2n) is 3.04. The average molecular weight is 158 g/mol. The van der Waals surface area contributed by atoms with Crippen molar-refractivity contribution in [1.82, 2.24) is 0 Å². The lowest BCUT2D eigenvalue weighted by Crippen LogP contribution is -1.77. The molecule has 0 unspecified atom stereocenters. The second kappa shape index (κ2) is 3.91. The van der Waals surface area contributed by atoms with E-state index in [1.165, 1.54) is 11.1 Å². The van der Waals surface area contributed by atoms with Crippen LogP contribution in [-0.2, 0) is 0 Å². The fourth-order valence-corrected chi connectivity index (χ4v) is 1.15. The van der Waals surface area contributed by atoms with E-state index >= 15 is 0 Å². The van der Waals surface area contributed by atoms with Gasteiger partial charge in [-0.05, 0) is 25.0 Å². The molecule has 0 bridgehead atoms. The summed E-state index contributed by atoms with van der Waals surface area (Å²) in [7, 11) is 0. The van der Waals surface area contributed by atoms with Crippen LogP contribution in [0.25, 0.3) is 5.57 Å². The normalized spacial score (nSPS) is 11.3. The minimum Gasteiger partial charge on any atom is -0.0961 e. The lowest BCUT2D eigenvalue weighted by Gasteiger charge is -1.99. The summed E-state index contributed by atoms with van der Waals surface area (Å²) in [4.78, 5) is 0. The van der Waals surface area contributed by atoms with Crippen LogP contribution in [-0.4, -0.2) is 0 Å². The fourth-order valence-electron chi connectivity index (χ4n) is 1.15. The number of rotatable bonds is 2. The topological polar surface area (TPSA) is 0 Å². The highest BCUT2D eigenvalue weighted by Gasteiger charge is 1.91. The van der Waals surface area contributed by atoms with Crippen molar-refractivity contribution in [2.45, 2.75) is 13.8 Å². The van der Waals surface area contributed by atoms with Crippen LogP contribution in [0.1, 0.15) is 19.4 Å². The van der Waals surface area contributed by atoms with Crippen LogP contribution in [0, 0.1) is 0 Å². The summed E-state index contributed by atoms with van der Waals surface area (Å²) in [5.74, 6) is 0. The van der Waals surface area contributed by atoms with Gasteiger partial charge in [-0.15, -0.1) is 0 Å². The van der Waals surface area contributed by atoms with Gasteiger partial charge in [0.25, 0.3) is 0 Å². The zero-order valence-electron chi connectivity index (χ0n) is 7.67. The first-order valence-electron chi connectivity index (χ1n) is 4.09. The molecule has 0 aliphatic heterocycles. The maximum absolute atomic E-state index is 3.84. The van der Waals surface area contributed by atoms with Gasteiger partial charge in [0, 0.05) is 0 Å². The van der Waals surface area contributed by atoms with Gasteiger partial charge >= 0.3 is 0 Å². The highest BCUT2D eigenvalue weighted by atomic mass is 14.0. The molecule has 0 heteroatoms. The van der Waals surface area contributed by atoms with Gasteiger partial charge in [-0.3, -0.25) is 0 Å². The van der Waals surface area contributed by atoms with E-state index in [-0.39, 0.29) is 0 Å². The first-order chi connectivity index (χ1) is 5.70. The monoisotopic (exact) mass is 158 g/mol. The van der Waals surface area contributed by atoms with Gasteiger partial charge in [-0.2, -0.15) is 0 Å². The predicted molar refractivity (Wildman–Crippen MR) is 54.9 cm³/mol. The Morgan fingerprint density at radius 2 is 1.75 bits per heavy atom. The van der Waals surface area contributed by atoms with Crippen LogP contribution in [0.15, 0.2) is 48.6 Å². The van der Waals surface area contributed by atoms with E-state index in [2.05, 4.69) is 31.7 Å². The van der Waals surface area contributed by atoms with Gasteiger partial charge in [0.15, 0.2) is 0 Å². The van der Waals surface area contributed by atoms with E-state index in [4.69, 9.17) is 0 Å². The van der Waals surface area contributed by atoms with Gasteiger partial charge in [0.05, 0.1) is 0 Å². The number of allylic oxidation sites excluding steroid dienone is 3. The number of hydrogen-bond acceptors (Lipinski definition) is 0.